The molecule has 0 radical (unpaired) electrons. The number of hydrogen-bond donors (Lipinski definition) is 1. The van der Waals surface area contributed by atoms with Crippen molar-refractivity contribution in [1.82, 2.24) is 20.1 Å². The number of carbonyl (C=O) groups excluding carboxylic acids is 2. The van der Waals surface area contributed by atoms with E-state index in [0.29, 0.717) is 16.6 Å². The van der Waals surface area contributed by atoms with Crippen LogP contribution in [0, 0.1) is 12.7 Å². The number of carbonyl (C=O) groups is 2. The molecule has 0 aliphatic carbocycles. The first-order valence-corrected chi connectivity index (χ1v) is 7.48. The van der Waals surface area contributed by atoms with Crippen molar-refractivity contribution in [1.29, 1.82) is 0 Å². The second-order valence-electron chi connectivity index (χ2n) is 5.53. The summed E-state index contributed by atoms with van der Waals surface area (Å²) in [5.41, 5.74) is 1.32. The van der Waals surface area contributed by atoms with Crippen molar-refractivity contribution in [2.75, 3.05) is 0 Å². The largest absolute Gasteiger partial charge is 0.270 e. The van der Waals surface area contributed by atoms with Gasteiger partial charge in [0.15, 0.2) is 5.65 Å². The Balaban J connectivity index is 1.80. The van der Waals surface area contributed by atoms with Gasteiger partial charge >= 0.3 is 0 Å². The van der Waals surface area contributed by atoms with Crippen molar-refractivity contribution in [3.63, 3.8) is 0 Å². The van der Waals surface area contributed by atoms with Gasteiger partial charge in [0.05, 0.1) is 29.3 Å². The number of aromatic amines is 1. The van der Waals surface area contributed by atoms with Gasteiger partial charge in [0.25, 0.3) is 11.8 Å². The van der Waals surface area contributed by atoms with Crippen LogP contribution in [0.4, 0.5) is 4.39 Å². The van der Waals surface area contributed by atoms with Crippen LogP contribution in [0.5, 0.6) is 0 Å². The number of fused-ring (bicyclic) bond motifs is 3. The van der Waals surface area contributed by atoms with Crippen LogP contribution in [0.1, 0.15) is 31.8 Å². The highest BCUT2D eigenvalue weighted by Crippen LogP contribution is 2.31. The van der Waals surface area contributed by atoms with Crippen molar-refractivity contribution in [2.45, 2.75) is 13.5 Å². The average molecular weight is 345 g/mol. The third-order valence-corrected chi connectivity index (χ3v) is 4.46. The molecule has 0 atom stereocenters. The Kier molecular flexibility index (Phi) is 3.14. The topological polar surface area (TPSA) is 79.0 Å². The molecule has 8 heteroatoms. The third kappa shape index (κ3) is 1.94. The van der Waals surface area contributed by atoms with Gasteiger partial charge in [-0.1, -0.05) is 17.7 Å². The summed E-state index contributed by atoms with van der Waals surface area (Å²) in [5.74, 6) is -1.56. The van der Waals surface area contributed by atoms with Gasteiger partial charge in [-0.2, -0.15) is 5.10 Å². The second kappa shape index (κ2) is 5.10. The van der Waals surface area contributed by atoms with E-state index in [1.54, 1.807) is 19.1 Å². The smallest absolute Gasteiger partial charge is 0.263 e. The Bertz CT molecular complexity index is 1030. The Morgan fingerprint density at radius 1 is 1.25 bits per heavy atom. The predicted octanol–water partition coefficient (Wildman–Crippen LogP) is 2.86. The minimum absolute atomic E-state index is 0.113. The number of imide groups is 1. The highest BCUT2D eigenvalue weighted by molar-refractivity contribution is 6.31. The molecular weight excluding hydrogens is 335 g/mol. The van der Waals surface area contributed by atoms with E-state index >= 15 is 0 Å². The molecule has 3 heterocycles. The van der Waals surface area contributed by atoms with Gasteiger partial charge in [-0.05, 0) is 18.6 Å². The maximum Gasteiger partial charge on any atom is 0.263 e. The lowest BCUT2D eigenvalue weighted by Crippen LogP contribution is -2.29. The van der Waals surface area contributed by atoms with Crippen LogP contribution in [-0.2, 0) is 6.54 Å². The van der Waals surface area contributed by atoms with Crippen LogP contribution in [-0.4, -0.2) is 31.9 Å². The monoisotopic (exact) mass is 344 g/mol. The molecule has 6 nitrogen and oxygen atoms in total. The van der Waals surface area contributed by atoms with Gasteiger partial charge in [0.2, 0.25) is 0 Å². The van der Waals surface area contributed by atoms with Gasteiger partial charge in [-0.15, -0.1) is 0 Å². The van der Waals surface area contributed by atoms with Gasteiger partial charge in [-0.25, -0.2) is 9.37 Å². The summed E-state index contributed by atoms with van der Waals surface area (Å²) < 4.78 is 14.3. The molecule has 0 fully saturated rings. The van der Waals surface area contributed by atoms with Crippen LogP contribution >= 0.6 is 11.6 Å². The molecule has 4 rings (SSSR count). The Labute approximate surface area is 140 Å². The normalized spacial score (nSPS) is 13.9. The molecule has 1 aromatic carbocycles. The van der Waals surface area contributed by atoms with Crippen LogP contribution in [0.2, 0.25) is 5.02 Å². The highest BCUT2D eigenvalue weighted by Gasteiger charge is 2.38. The van der Waals surface area contributed by atoms with Gasteiger partial charge in [0, 0.05) is 16.8 Å². The van der Waals surface area contributed by atoms with E-state index in [4.69, 9.17) is 11.6 Å². The molecule has 24 heavy (non-hydrogen) atoms. The molecule has 0 unspecified atom stereocenters. The van der Waals surface area contributed by atoms with E-state index in [1.807, 2.05) is 0 Å². The predicted molar refractivity (Wildman–Crippen MR) is 84.2 cm³/mol. The number of H-pyrrole nitrogens is 1. The lowest BCUT2D eigenvalue weighted by Gasteiger charge is -2.16. The fraction of sp³-hybridized carbons (Fsp3) is 0.125. The van der Waals surface area contributed by atoms with Crippen molar-refractivity contribution in [3.8, 4) is 0 Å². The molecule has 1 N–H and O–H groups in total. The third-order valence-electron chi connectivity index (χ3n) is 4.11. The number of aromatic nitrogens is 3. The standard InChI is InChI=1S/C16H10ClFN4O2/c1-7-2-3-11(17)10(13(7)18)6-22-15(23)9-4-19-14-8(5-20-21-14)12(9)16(22)24/h2-5H,6H2,1H3,(H,19,20,21). The van der Waals surface area contributed by atoms with Crippen LogP contribution in [0.25, 0.3) is 11.0 Å². The number of hydrogen-bond acceptors (Lipinski definition) is 4. The zero-order valence-corrected chi connectivity index (χ0v) is 13.2. The minimum atomic E-state index is -0.525. The van der Waals surface area contributed by atoms with E-state index in [2.05, 4.69) is 15.2 Å². The molecule has 1 aliphatic rings. The molecule has 3 aromatic rings. The molecule has 2 amide bonds. The van der Waals surface area contributed by atoms with E-state index in [-0.39, 0.29) is 28.3 Å². The molecule has 120 valence electrons. The van der Waals surface area contributed by atoms with E-state index in [1.165, 1.54) is 12.4 Å². The number of aryl methyl sites for hydroxylation is 1. The molecule has 1 aliphatic heterocycles. The summed E-state index contributed by atoms with van der Waals surface area (Å²) in [6.45, 7) is 1.36. The number of nitrogens with one attached hydrogen (secondary N) is 1. The first-order chi connectivity index (χ1) is 11.5. The SMILES string of the molecule is Cc1ccc(Cl)c(CN2C(=O)c3cnc4[nH]ncc4c3C2=O)c1F. The minimum Gasteiger partial charge on any atom is -0.270 e. The Morgan fingerprint density at radius 2 is 2.04 bits per heavy atom. The summed E-state index contributed by atoms with van der Waals surface area (Å²) in [4.78, 5) is 30.3. The maximum atomic E-state index is 14.3. The van der Waals surface area contributed by atoms with Crippen molar-refractivity contribution in [2.24, 2.45) is 0 Å². The molecule has 0 saturated carbocycles. The van der Waals surface area contributed by atoms with E-state index < -0.39 is 17.6 Å². The summed E-state index contributed by atoms with van der Waals surface area (Å²) in [5, 5.41) is 7.12. The first kappa shape index (κ1) is 14.8. The molecule has 0 spiro atoms. The fourth-order valence-electron chi connectivity index (χ4n) is 2.83. The van der Waals surface area contributed by atoms with Crippen LogP contribution in [0.3, 0.4) is 0 Å². The molecule has 0 saturated heterocycles. The fourth-order valence-corrected chi connectivity index (χ4v) is 3.03. The van der Waals surface area contributed by atoms with Gasteiger partial charge in [0.1, 0.15) is 5.82 Å². The summed E-state index contributed by atoms with van der Waals surface area (Å²) >= 11 is 6.05. The summed E-state index contributed by atoms with van der Waals surface area (Å²) in [6, 6.07) is 3.09. The first-order valence-electron chi connectivity index (χ1n) is 7.10. The quantitative estimate of drug-likeness (QED) is 0.725. The molecule has 0 bridgehead atoms. The van der Waals surface area contributed by atoms with Crippen LogP contribution in [0.15, 0.2) is 24.5 Å². The number of rotatable bonds is 2. The number of halogens is 2. The average Bonchev–Trinajstić information content (AvgIpc) is 3.13. The number of benzene rings is 1. The van der Waals surface area contributed by atoms with E-state index in [0.717, 1.165) is 4.90 Å². The summed E-state index contributed by atoms with van der Waals surface area (Å²) in [7, 11) is 0. The van der Waals surface area contributed by atoms with Gasteiger partial charge < -0.3 is 0 Å². The Morgan fingerprint density at radius 3 is 2.83 bits per heavy atom. The Hall–Kier alpha value is -2.80. The zero-order valence-electron chi connectivity index (χ0n) is 12.4. The van der Waals surface area contributed by atoms with Crippen molar-refractivity contribution >= 4 is 34.4 Å². The van der Waals surface area contributed by atoms with Crippen molar-refractivity contribution in [3.05, 3.63) is 57.6 Å². The molecular formula is C16H10ClFN4O2. The number of amides is 2. The molecule has 2 aromatic heterocycles. The number of nitrogens with zero attached hydrogens (tertiary/aromatic N) is 3. The zero-order chi connectivity index (χ0) is 17.0. The highest BCUT2D eigenvalue weighted by atomic mass is 35.5. The van der Waals surface area contributed by atoms with Gasteiger partial charge in [-0.3, -0.25) is 19.6 Å². The summed E-state index contributed by atoms with van der Waals surface area (Å²) in [6.07, 6.45) is 2.76. The van der Waals surface area contributed by atoms with Crippen LogP contribution < -0.4 is 0 Å². The number of pyridine rings is 1. The second-order valence-corrected chi connectivity index (χ2v) is 5.94. The maximum absolute atomic E-state index is 14.3. The van der Waals surface area contributed by atoms with Crippen molar-refractivity contribution < 1.29 is 14.0 Å². The lowest BCUT2D eigenvalue weighted by atomic mass is 10.1. The lowest BCUT2D eigenvalue weighted by molar-refractivity contribution is 0.0641. The van der Waals surface area contributed by atoms with E-state index in [9.17, 15) is 14.0 Å².